The molecule has 0 radical (unpaired) electrons. The maximum atomic E-state index is 11.4. The Kier molecular flexibility index (Phi) is 5.96. The zero-order valence-corrected chi connectivity index (χ0v) is 11.6. The van der Waals surface area contributed by atoms with Crippen LogP contribution >= 0.6 is 0 Å². The van der Waals surface area contributed by atoms with Crippen molar-refractivity contribution in [1.82, 2.24) is 0 Å². The molecule has 5 nitrogen and oxygen atoms in total. The average molecular weight is 314 g/mol. The van der Waals surface area contributed by atoms with E-state index in [1.807, 2.05) is 0 Å². The number of hydrogen-bond donors (Lipinski definition) is 0. The Morgan fingerprint density at radius 3 is 2.00 bits per heavy atom. The van der Waals surface area contributed by atoms with Gasteiger partial charge in [-0.2, -0.15) is 0 Å². The molecule has 0 aliphatic rings. The Morgan fingerprint density at radius 2 is 1.70 bits per heavy atom. The number of benzene rings is 1. The van der Waals surface area contributed by atoms with E-state index < -0.39 is 17.1 Å². The summed E-state index contributed by atoms with van der Waals surface area (Å²) in [6, 6.07) is 2.80. The van der Waals surface area contributed by atoms with Crippen LogP contribution in [-0.4, -0.2) is 29.0 Å². The Bertz CT molecular complexity index is 619. The highest BCUT2D eigenvalue weighted by atomic mass is 32.2. The summed E-state index contributed by atoms with van der Waals surface area (Å²) in [6.07, 6.45) is 1.12. The first-order valence-electron chi connectivity index (χ1n) is 5.01. The van der Waals surface area contributed by atoms with Crippen molar-refractivity contribution < 1.29 is 30.4 Å². The topological polar surface area (TPSA) is 71.5 Å². The van der Waals surface area contributed by atoms with Gasteiger partial charge in [-0.3, -0.25) is 0 Å². The van der Waals surface area contributed by atoms with Crippen LogP contribution in [0.15, 0.2) is 17.0 Å². The second kappa shape index (κ2) is 6.56. The van der Waals surface area contributed by atoms with E-state index in [4.69, 9.17) is 10.1 Å². The number of halogens is 4. The molecule has 0 aliphatic heterocycles. The number of methoxy groups -OCH3 is 1. The first-order valence-corrected chi connectivity index (χ1v) is 6.90. The first-order chi connectivity index (χ1) is 8.90. The fraction of sp³-hybridized carbons (Fsp3) is 0.333. The third-order valence-electron chi connectivity index (χ3n) is 1.98. The molecule has 0 saturated carbocycles. The second-order valence-electron chi connectivity index (χ2n) is 3.66. The van der Waals surface area contributed by atoms with Gasteiger partial charge < -0.3 is 22.0 Å². The lowest BCUT2D eigenvalue weighted by atomic mass is 10.2. The SMILES string of the molecule is COc1cc(S(C)(=O)=O)c(C)cc1[N+]#N.F[B-](F)(F)F. The molecule has 0 spiro atoms. The maximum Gasteiger partial charge on any atom is 0.673 e. The molecule has 0 aliphatic carbocycles. The van der Waals surface area contributed by atoms with Crippen LogP contribution in [0.5, 0.6) is 5.75 Å². The molecule has 0 bridgehead atoms. The van der Waals surface area contributed by atoms with Crippen LogP contribution in [0, 0.1) is 12.3 Å². The fourth-order valence-corrected chi connectivity index (χ4v) is 2.26. The smallest absolute Gasteiger partial charge is 0.489 e. The van der Waals surface area contributed by atoms with E-state index >= 15 is 0 Å². The highest BCUT2D eigenvalue weighted by Crippen LogP contribution is 2.32. The molecule has 11 heteroatoms. The van der Waals surface area contributed by atoms with Crippen molar-refractivity contribution in [2.45, 2.75) is 11.8 Å². The van der Waals surface area contributed by atoms with Crippen LogP contribution in [0.1, 0.15) is 5.56 Å². The zero-order chi connectivity index (χ0) is 16.1. The summed E-state index contributed by atoms with van der Waals surface area (Å²) in [6.45, 7) is 1.63. The summed E-state index contributed by atoms with van der Waals surface area (Å²) < 4.78 is 66.7. The van der Waals surface area contributed by atoms with E-state index in [2.05, 4.69) is 4.98 Å². The fourth-order valence-electron chi connectivity index (χ4n) is 1.30. The van der Waals surface area contributed by atoms with Crippen molar-refractivity contribution in [2.75, 3.05) is 13.4 Å². The third-order valence-corrected chi connectivity index (χ3v) is 3.22. The highest BCUT2D eigenvalue weighted by Gasteiger charge is 2.21. The molecular weight excluding hydrogens is 303 g/mol. The largest absolute Gasteiger partial charge is 0.673 e. The van der Waals surface area contributed by atoms with Gasteiger partial charge in [0.15, 0.2) is 14.8 Å². The van der Waals surface area contributed by atoms with Crippen LogP contribution in [0.25, 0.3) is 4.98 Å². The van der Waals surface area contributed by atoms with Crippen LogP contribution in [0.2, 0.25) is 0 Å². The lowest BCUT2D eigenvalue weighted by Crippen LogP contribution is -2.02. The van der Waals surface area contributed by atoms with Gasteiger partial charge >= 0.3 is 12.9 Å². The summed E-state index contributed by atoms with van der Waals surface area (Å²) >= 11 is 0. The normalized spacial score (nSPS) is 11.1. The molecule has 1 aromatic rings. The number of hydrogen-bond acceptors (Lipinski definition) is 4. The predicted molar refractivity (Wildman–Crippen MR) is 65.8 cm³/mol. The van der Waals surface area contributed by atoms with E-state index in [0.717, 1.165) is 6.26 Å². The Labute approximate surface area is 113 Å². The second-order valence-corrected chi connectivity index (χ2v) is 5.64. The van der Waals surface area contributed by atoms with Gasteiger partial charge in [-0.15, -0.1) is 0 Å². The van der Waals surface area contributed by atoms with Crippen LogP contribution in [0.4, 0.5) is 23.0 Å². The third kappa shape index (κ3) is 6.37. The van der Waals surface area contributed by atoms with E-state index in [1.54, 1.807) is 6.92 Å². The summed E-state index contributed by atoms with van der Waals surface area (Å²) in [4.78, 5) is 3.18. The first kappa shape index (κ1) is 18.2. The lowest BCUT2D eigenvalue weighted by Gasteiger charge is -2.03. The molecule has 112 valence electrons. The van der Waals surface area contributed by atoms with Crippen molar-refractivity contribution in [3.63, 3.8) is 0 Å². The number of diazo groups is 1. The van der Waals surface area contributed by atoms with Gasteiger partial charge in [-0.25, -0.2) is 8.42 Å². The molecule has 1 aromatic carbocycles. The Morgan fingerprint density at radius 1 is 1.25 bits per heavy atom. The number of rotatable bonds is 2. The van der Waals surface area contributed by atoms with Gasteiger partial charge in [0.25, 0.3) is 0 Å². The minimum absolute atomic E-state index is 0.173. The molecule has 0 fully saturated rings. The molecule has 1 rings (SSSR count). The average Bonchev–Trinajstić information content (AvgIpc) is 2.24. The van der Waals surface area contributed by atoms with Crippen molar-refractivity contribution in [1.29, 1.82) is 5.39 Å². The molecule has 0 amide bonds. The number of aryl methyl sites for hydroxylation is 1. The van der Waals surface area contributed by atoms with Gasteiger partial charge in [0.2, 0.25) is 11.1 Å². The molecule has 0 N–H and O–H groups in total. The summed E-state index contributed by atoms with van der Waals surface area (Å²) in [5.74, 6) is 0.225. The van der Waals surface area contributed by atoms with E-state index in [-0.39, 0.29) is 16.3 Å². The van der Waals surface area contributed by atoms with Gasteiger partial charge in [0.1, 0.15) is 0 Å². The number of nitrogens with zero attached hydrogens (tertiary/aromatic N) is 2. The number of ether oxygens (including phenoxy) is 1. The molecule has 0 heterocycles. The Balaban J connectivity index is 0.000000621. The molecule has 0 aromatic heterocycles. The molecular formula is C9H11BF4N2O3S. The molecule has 0 atom stereocenters. The maximum absolute atomic E-state index is 11.4. The van der Waals surface area contributed by atoms with E-state index in [0.29, 0.717) is 5.56 Å². The lowest BCUT2D eigenvalue weighted by molar-refractivity contribution is 0.368. The van der Waals surface area contributed by atoms with Crippen LogP contribution in [-0.2, 0) is 9.84 Å². The van der Waals surface area contributed by atoms with Crippen molar-refractivity contribution in [3.05, 3.63) is 22.7 Å². The van der Waals surface area contributed by atoms with Gasteiger partial charge in [0, 0.05) is 18.4 Å². The van der Waals surface area contributed by atoms with Crippen molar-refractivity contribution >= 4 is 22.8 Å². The van der Waals surface area contributed by atoms with Gasteiger partial charge in [-0.05, 0) is 12.5 Å². The van der Waals surface area contributed by atoms with Crippen molar-refractivity contribution in [3.8, 4) is 5.75 Å². The summed E-state index contributed by atoms with van der Waals surface area (Å²) in [5, 5.41) is 8.66. The highest BCUT2D eigenvalue weighted by molar-refractivity contribution is 7.90. The van der Waals surface area contributed by atoms with Gasteiger partial charge in [0.05, 0.1) is 12.0 Å². The summed E-state index contributed by atoms with van der Waals surface area (Å²) in [5.41, 5.74) is 0.730. The van der Waals surface area contributed by atoms with Crippen molar-refractivity contribution in [2.24, 2.45) is 0 Å². The minimum Gasteiger partial charge on any atom is -0.489 e. The van der Waals surface area contributed by atoms with E-state index in [1.165, 1.54) is 19.2 Å². The number of sulfone groups is 1. The van der Waals surface area contributed by atoms with Crippen LogP contribution < -0.4 is 4.74 Å². The molecule has 20 heavy (non-hydrogen) atoms. The predicted octanol–water partition coefficient (Wildman–Crippen LogP) is 3.19. The van der Waals surface area contributed by atoms with E-state index in [9.17, 15) is 25.7 Å². The quantitative estimate of drug-likeness (QED) is 0.477. The zero-order valence-electron chi connectivity index (χ0n) is 10.8. The molecule has 0 saturated heterocycles. The standard InChI is InChI=1S/C9H11N2O3S.BF4/c1-6-4-7(11-10)8(14-2)5-9(6)15(3,12)13;2-1(3,4)5/h4-5H,1-3H3;/q+1;-1. The monoisotopic (exact) mass is 314 g/mol. The molecule has 0 unspecified atom stereocenters. The Hall–Kier alpha value is -1.83. The minimum atomic E-state index is -6.00. The van der Waals surface area contributed by atoms with Gasteiger partial charge in [-0.1, -0.05) is 0 Å². The van der Waals surface area contributed by atoms with Crippen LogP contribution in [0.3, 0.4) is 0 Å². The summed E-state index contributed by atoms with van der Waals surface area (Å²) in [7, 11) is -7.91.